The summed E-state index contributed by atoms with van der Waals surface area (Å²) in [6.07, 6.45) is -2.17. The van der Waals surface area contributed by atoms with Gasteiger partial charge in [0, 0.05) is 23.1 Å². The largest absolute Gasteiger partial charge is 0.506 e. The first-order valence-corrected chi connectivity index (χ1v) is 11.1. The number of nitrogens with zero attached hydrogens (tertiary/aromatic N) is 3. The molecule has 3 unspecified atom stereocenters. The van der Waals surface area contributed by atoms with E-state index in [1.165, 1.54) is 12.1 Å². The Morgan fingerprint density at radius 1 is 1.39 bits per heavy atom. The lowest BCUT2D eigenvalue weighted by molar-refractivity contribution is -0.125. The molecule has 1 aliphatic heterocycles. The molecular weight excluding hydrogens is 464 g/mol. The maximum atomic E-state index is 15.3. The van der Waals surface area contributed by atoms with Crippen LogP contribution >= 0.6 is 8.60 Å². The molecule has 31 heavy (non-hydrogen) atoms. The van der Waals surface area contributed by atoms with Crippen LogP contribution in [0.1, 0.15) is 18.0 Å². The first-order chi connectivity index (χ1) is 14.7. The second-order valence-corrected chi connectivity index (χ2v) is 9.00. The van der Waals surface area contributed by atoms with Gasteiger partial charge >= 0.3 is 8.60 Å². The van der Waals surface area contributed by atoms with Crippen LogP contribution in [0, 0.1) is 11.7 Å². The van der Waals surface area contributed by atoms with Crippen molar-refractivity contribution < 1.29 is 41.6 Å². The number of phenolic OH excluding ortho intramolecular Hbond substituents is 1. The van der Waals surface area contributed by atoms with E-state index in [4.69, 9.17) is 9.79 Å². The molecule has 1 amide bonds. The van der Waals surface area contributed by atoms with Crippen molar-refractivity contribution in [1.29, 1.82) is 0 Å². The van der Waals surface area contributed by atoms with Crippen molar-refractivity contribution in [3.63, 3.8) is 0 Å². The van der Waals surface area contributed by atoms with Gasteiger partial charge in [0.25, 0.3) is 5.91 Å². The van der Waals surface area contributed by atoms with Crippen LogP contribution in [0.4, 0.5) is 18.9 Å². The van der Waals surface area contributed by atoms with Crippen LogP contribution in [0.25, 0.3) is 11.3 Å². The predicted molar refractivity (Wildman–Crippen MR) is 102 cm³/mol. The molecule has 0 bridgehead atoms. The minimum Gasteiger partial charge on any atom is -0.506 e. The lowest BCUT2D eigenvalue weighted by Gasteiger charge is -2.20. The van der Waals surface area contributed by atoms with Gasteiger partial charge in [-0.2, -0.15) is 5.10 Å². The van der Waals surface area contributed by atoms with Crippen molar-refractivity contribution in [3.05, 3.63) is 29.7 Å². The monoisotopic (exact) mass is 480 g/mol. The Labute approximate surface area is 177 Å². The summed E-state index contributed by atoms with van der Waals surface area (Å²) in [4.78, 5) is 29.7. The number of nitrogens with one attached hydrogen (secondary N) is 1. The zero-order chi connectivity index (χ0) is 22.4. The molecule has 15 heteroatoms. The quantitative estimate of drug-likeness (QED) is 0.443. The van der Waals surface area contributed by atoms with E-state index in [-0.39, 0.29) is 11.3 Å². The number of benzene rings is 1. The predicted octanol–water partition coefficient (Wildman–Crippen LogP) is 1.70. The van der Waals surface area contributed by atoms with Gasteiger partial charge in [0.05, 0.1) is 5.69 Å². The fraction of sp³-hybridized carbons (Fsp3) is 0.375. The molecule has 1 aromatic carbocycles. The van der Waals surface area contributed by atoms with E-state index in [1.807, 2.05) is 0 Å². The first-order valence-electron chi connectivity index (χ1n) is 8.85. The number of carbonyl (C=O) groups is 1. The molecule has 1 aliphatic carbocycles. The molecular formula is C16H16F3N4O6PS. The molecule has 168 valence electrons. The summed E-state index contributed by atoms with van der Waals surface area (Å²) in [5, 5.41) is 16.7. The highest BCUT2D eigenvalue weighted by molar-refractivity contribution is 7.85. The highest BCUT2D eigenvalue weighted by atomic mass is 32.2. The first kappa shape index (κ1) is 22.0. The SMILES string of the molecule is O=C1CN(c2c(O)ccc(-c3cc(C4CC4C(F)F)[nH]n3)c2F)S(=O)N1COP(O)O. The Balaban J connectivity index is 1.61. The van der Waals surface area contributed by atoms with Crippen LogP contribution in [0.3, 0.4) is 0 Å². The van der Waals surface area contributed by atoms with Gasteiger partial charge in [-0.15, -0.1) is 0 Å². The Bertz CT molecular complexity index is 1040. The van der Waals surface area contributed by atoms with Crippen LogP contribution in [0.15, 0.2) is 18.2 Å². The highest BCUT2D eigenvalue weighted by Gasteiger charge is 2.46. The molecule has 1 aromatic heterocycles. The Kier molecular flexibility index (Phi) is 5.92. The van der Waals surface area contributed by atoms with Crippen LogP contribution < -0.4 is 4.31 Å². The molecule has 2 aromatic rings. The molecule has 2 aliphatic rings. The van der Waals surface area contributed by atoms with Gasteiger partial charge in [-0.3, -0.25) is 18.7 Å². The minimum absolute atomic E-state index is 0.0939. The smallest absolute Gasteiger partial charge is 0.328 e. The third-order valence-electron chi connectivity index (χ3n) is 5.01. The molecule has 0 spiro atoms. The number of halogens is 3. The van der Waals surface area contributed by atoms with Gasteiger partial charge in [-0.1, -0.05) is 0 Å². The Morgan fingerprint density at radius 3 is 2.77 bits per heavy atom. The van der Waals surface area contributed by atoms with Gasteiger partial charge in [-0.05, 0) is 24.6 Å². The molecule has 0 radical (unpaired) electrons. The number of alkyl halides is 2. The maximum absolute atomic E-state index is 15.3. The highest BCUT2D eigenvalue weighted by Crippen LogP contribution is 2.51. The van der Waals surface area contributed by atoms with E-state index >= 15 is 4.39 Å². The molecule has 3 atom stereocenters. The fourth-order valence-electron chi connectivity index (χ4n) is 3.35. The van der Waals surface area contributed by atoms with Gasteiger partial charge in [0.15, 0.2) is 5.82 Å². The van der Waals surface area contributed by atoms with E-state index in [9.17, 15) is 22.9 Å². The number of hydrogen-bond donors (Lipinski definition) is 4. The van der Waals surface area contributed by atoms with E-state index in [2.05, 4.69) is 14.7 Å². The summed E-state index contributed by atoms with van der Waals surface area (Å²) >= 11 is -2.31. The number of anilines is 1. The standard InChI is InChI=1S/C16H16F3N4O6PS/c17-14-7(10-4-11(21-20-10)8-3-9(8)16(18)19)1-2-12(24)15(14)22-5-13(25)23(31(22)28)6-29-30(26)27/h1-2,4,8-9,16,24,26-27H,3,5-6H2,(H,20,21). The van der Waals surface area contributed by atoms with Crippen molar-refractivity contribution in [3.8, 4) is 17.0 Å². The van der Waals surface area contributed by atoms with Crippen LogP contribution in [-0.2, 0) is 20.5 Å². The van der Waals surface area contributed by atoms with Crippen molar-refractivity contribution in [1.82, 2.24) is 14.5 Å². The molecule has 2 fully saturated rings. The third kappa shape index (κ3) is 4.13. The Morgan fingerprint density at radius 2 is 2.13 bits per heavy atom. The van der Waals surface area contributed by atoms with E-state index < -0.39 is 74.5 Å². The van der Waals surface area contributed by atoms with Crippen molar-refractivity contribution in [2.75, 3.05) is 17.6 Å². The van der Waals surface area contributed by atoms with Crippen LogP contribution in [-0.4, -0.2) is 59.2 Å². The lowest BCUT2D eigenvalue weighted by atomic mass is 10.1. The number of rotatable bonds is 7. The average molecular weight is 480 g/mol. The zero-order valence-corrected chi connectivity index (χ0v) is 17.2. The number of carbonyl (C=O) groups excluding carboxylic acids is 1. The molecule has 10 nitrogen and oxygen atoms in total. The number of hydrogen-bond acceptors (Lipinski definition) is 7. The van der Waals surface area contributed by atoms with Gasteiger partial charge < -0.3 is 14.9 Å². The molecule has 4 rings (SSSR count). The number of phenols is 1. The topological polar surface area (TPSA) is 139 Å². The summed E-state index contributed by atoms with van der Waals surface area (Å²) in [6.45, 7) is -1.28. The molecule has 4 N–H and O–H groups in total. The van der Waals surface area contributed by atoms with Crippen LogP contribution in [0.2, 0.25) is 0 Å². The average Bonchev–Trinajstić information content (AvgIpc) is 3.28. The van der Waals surface area contributed by atoms with Crippen molar-refractivity contribution >= 4 is 31.4 Å². The van der Waals surface area contributed by atoms with E-state index in [1.54, 1.807) is 0 Å². The van der Waals surface area contributed by atoms with Crippen molar-refractivity contribution in [2.45, 2.75) is 18.8 Å². The van der Waals surface area contributed by atoms with E-state index in [0.29, 0.717) is 16.4 Å². The summed E-state index contributed by atoms with van der Waals surface area (Å²) in [6, 6.07) is 3.78. The fourth-order valence-corrected chi connectivity index (χ4v) is 4.81. The number of H-pyrrole nitrogens is 1. The number of amides is 1. The number of aromatic nitrogens is 2. The summed E-state index contributed by atoms with van der Waals surface area (Å²) in [5.41, 5.74) is -0.0975. The van der Waals surface area contributed by atoms with Crippen LogP contribution in [0.5, 0.6) is 5.75 Å². The molecule has 1 saturated heterocycles. The summed E-state index contributed by atoms with van der Waals surface area (Å²) in [5.74, 6) is -3.55. The zero-order valence-electron chi connectivity index (χ0n) is 15.5. The summed E-state index contributed by atoms with van der Waals surface area (Å²) in [7, 11) is -2.81. The van der Waals surface area contributed by atoms with Gasteiger partial charge in [0.1, 0.15) is 24.7 Å². The lowest BCUT2D eigenvalue weighted by Crippen LogP contribution is -2.30. The second kappa shape index (κ2) is 8.36. The second-order valence-electron chi connectivity index (χ2n) is 6.89. The number of aromatic amines is 1. The molecule has 1 saturated carbocycles. The molecule has 2 heterocycles. The third-order valence-corrected chi connectivity index (χ3v) is 6.73. The maximum Gasteiger partial charge on any atom is 0.328 e. The summed E-state index contributed by atoms with van der Waals surface area (Å²) < 4.78 is 59.4. The number of aromatic hydroxyl groups is 1. The normalized spacial score (nSPS) is 23.5. The van der Waals surface area contributed by atoms with Gasteiger partial charge in [0.2, 0.25) is 17.6 Å². The minimum atomic E-state index is -2.81. The van der Waals surface area contributed by atoms with Crippen molar-refractivity contribution in [2.24, 2.45) is 5.92 Å². The van der Waals surface area contributed by atoms with E-state index in [0.717, 1.165) is 10.4 Å². The Hall–Kier alpha value is -2.25. The van der Waals surface area contributed by atoms with Gasteiger partial charge in [-0.25, -0.2) is 21.7 Å².